The first-order chi connectivity index (χ1) is 11.7. The number of nitrogens with zero attached hydrogens (tertiary/aromatic N) is 1. The van der Waals surface area contributed by atoms with Crippen LogP contribution in [0.25, 0.3) is 0 Å². The highest BCUT2D eigenvalue weighted by Gasteiger charge is 2.02. The molecule has 0 aliphatic heterocycles. The summed E-state index contributed by atoms with van der Waals surface area (Å²) < 4.78 is 18.2. The van der Waals surface area contributed by atoms with Gasteiger partial charge in [-0.05, 0) is 23.8 Å². The molecule has 0 saturated carbocycles. The van der Waals surface area contributed by atoms with Gasteiger partial charge in [0.2, 0.25) is 0 Å². The quantitative estimate of drug-likeness (QED) is 0.693. The molecule has 24 heavy (non-hydrogen) atoms. The third kappa shape index (κ3) is 5.47. The van der Waals surface area contributed by atoms with Gasteiger partial charge in [0.1, 0.15) is 18.5 Å². The van der Waals surface area contributed by atoms with Crippen LogP contribution < -0.4 is 5.32 Å². The number of benzene rings is 2. The van der Waals surface area contributed by atoms with E-state index in [9.17, 15) is 9.18 Å². The zero-order valence-corrected chi connectivity index (χ0v) is 12.9. The Morgan fingerprint density at radius 2 is 1.96 bits per heavy atom. The highest BCUT2D eigenvalue weighted by molar-refractivity contribution is 5.67. The third-order valence-corrected chi connectivity index (χ3v) is 3.06. The van der Waals surface area contributed by atoms with Crippen molar-refractivity contribution >= 4 is 6.09 Å². The summed E-state index contributed by atoms with van der Waals surface area (Å²) in [4.78, 5) is 11.5. The van der Waals surface area contributed by atoms with Gasteiger partial charge in [0.25, 0.3) is 0 Å². The number of alkyl carbamates (subject to hydrolysis) is 1. The van der Waals surface area contributed by atoms with Gasteiger partial charge in [0, 0.05) is 18.5 Å². The van der Waals surface area contributed by atoms with Crippen molar-refractivity contribution in [2.75, 3.05) is 6.54 Å². The maximum atomic E-state index is 13.1. The Morgan fingerprint density at radius 3 is 2.71 bits per heavy atom. The van der Waals surface area contributed by atoms with Gasteiger partial charge in [0.05, 0.1) is 5.56 Å². The number of ether oxygens (including phenoxy) is 1. The number of nitrogens with one attached hydrogen (secondary N) is 1. The van der Waals surface area contributed by atoms with E-state index in [1.165, 1.54) is 18.2 Å². The number of rotatable bonds is 4. The molecular weight excluding hydrogens is 307 g/mol. The molecule has 2 rings (SSSR count). The Bertz CT molecular complexity index is 802. The van der Waals surface area contributed by atoms with E-state index in [1.54, 1.807) is 0 Å². The molecule has 1 N–H and O–H groups in total. The highest BCUT2D eigenvalue weighted by atomic mass is 19.1. The summed E-state index contributed by atoms with van der Waals surface area (Å²) in [5, 5.41) is 11.5. The fourth-order valence-electron chi connectivity index (χ4n) is 1.88. The van der Waals surface area contributed by atoms with Crippen molar-refractivity contribution in [1.82, 2.24) is 5.32 Å². The molecule has 1 amide bonds. The molecule has 120 valence electrons. The van der Waals surface area contributed by atoms with Crippen LogP contribution in [0.3, 0.4) is 0 Å². The topological polar surface area (TPSA) is 62.1 Å². The van der Waals surface area contributed by atoms with Crippen LogP contribution in [0.5, 0.6) is 0 Å². The van der Waals surface area contributed by atoms with Gasteiger partial charge >= 0.3 is 6.09 Å². The van der Waals surface area contributed by atoms with E-state index < -0.39 is 11.9 Å². The Balaban J connectivity index is 1.75. The number of amides is 1. The Labute approximate surface area is 139 Å². The van der Waals surface area contributed by atoms with Crippen molar-refractivity contribution in [2.24, 2.45) is 0 Å². The minimum absolute atomic E-state index is 0.202. The van der Waals surface area contributed by atoms with Crippen LogP contribution in [0.4, 0.5) is 9.18 Å². The minimum Gasteiger partial charge on any atom is -0.445 e. The van der Waals surface area contributed by atoms with E-state index in [1.807, 2.05) is 36.4 Å². The van der Waals surface area contributed by atoms with Crippen LogP contribution in [0.2, 0.25) is 0 Å². The van der Waals surface area contributed by atoms with Crippen molar-refractivity contribution in [1.29, 1.82) is 5.26 Å². The SMILES string of the molecule is N#Cc1ccc(F)cc1C#CCCNC(=O)OCc1ccccc1. The molecule has 0 aliphatic rings. The number of carbonyl (C=O) groups is 1. The van der Waals surface area contributed by atoms with E-state index in [0.717, 1.165) is 5.56 Å². The van der Waals surface area contributed by atoms with Gasteiger partial charge < -0.3 is 10.1 Å². The standard InChI is InChI=1S/C19H15FN2O2/c20-18-10-9-17(13-21)16(12-18)8-4-5-11-22-19(23)24-14-15-6-2-1-3-7-15/h1-3,6-7,9-10,12H,5,11,14H2,(H,22,23). The van der Waals surface area contributed by atoms with E-state index in [4.69, 9.17) is 10.00 Å². The molecule has 0 atom stereocenters. The van der Waals surface area contributed by atoms with Gasteiger partial charge in [-0.3, -0.25) is 0 Å². The lowest BCUT2D eigenvalue weighted by atomic mass is 10.1. The Hall–Kier alpha value is -3.31. The molecule has 5 heteroatoms. The van der Waals surface area contributed by atoms with Gasteiger partial charge in [0.15, 0.2) is 0 Å². The van der Waals surface area contributed by atoms with E-state index in [0.29, 0.717) is 24.1 Å². The number of halogens is 1. The van der Waals surface area contributed by atoms with E-state index in [-0.39, 0.29) is 6.61 Å². The average Bonchev–Trinajstić information content (AvgIpc) is 2.61. The first-order valence-electron chi connectivity index (χ1n) is 7.32. The zero-order valence-electron chi connectivity index (χ0n) is 12.9. The van der Waals surface area contributed by atoms with Crippen LogP contribution in [0.1, 0.15) is 23.1 Å². The van der Waals surface area contributed by atoms with Crippen LogP contribution >= 0.6 is 0 Å². The zero-order chi connectivity index (χ0) is 17.2. The minimum atomic E-state index is -0.524. The monoisotopic (exact) mass is 322 g/mol. The van der Waals surface area contributed by atoms with Crippen LogP contribution in [0, 0.1) is 29.0 Å². The molecule has 0 fully saturated rings. The van der Waals surface area contributed by atoms with Crippen molar-refractivity contribution in [3.63, 3.8) is 0 Å². The summed E-state index contributed by atoms with van der Waals surface area (Å²) in [6.45, 7) is 0.505. The second kappa shape index (κ2) is 8.97. The molecule has 0 unspecified atom stereocenters. The Morgan fingerprint density at radius 1 is 1.17 bits per heavy atom. The van der Waals surface area contributed by atoms with Crippen molar-refractivity contribution in [2.45, 2.75) is 13.0 Å². The molecule has 0 radical (unpaired) electrons. The Kier molecular flexibility index (Phi) is 6.37. The summed E-state index contributed by atoms with van der Waals surface area (Å²) in [5.41, 5.74) is 1.56. The molecule has 0 aliphatic carbocycles. The molecule has 0 bridgehead atoms. The molecular formula is C19H15FN2O2. The summed E-state index contributed by atoms with van der Waals surface area (Å²) >= 11 is 0. The van der Waals surface area contributed by atoms with Crippen molar-refractivity contribution in [3.8, 4) is 17.9 Å². The van der Waals surface area contributed by atoms with Crippen molar-refractivity contribution < 1.29 is 13.9 Å². The van der Waals surface area contributed by atoms with Gasteiger partial charge in [-0.15, -0.1) is 0 Å². The maximum absolute atomic E-state index is 13.1. The highest BCUT2D eigenvalue weighted by Crippen LogP contribution is 2.08. The lowest BCUT2D eigenvalue weighted by Crippen LogP contribution is -2.24. The maximum Gasteiger partial charge on any atom is 0.407 e. The molecule has 0 saturated heterocycles. The molecule has 2 aromatic rings. The predicted molar refractivity (Wildman–Crippen MR) is 87.2 cm³/mol. The molecule has 0 heterocycles. The lowest BCUT2D eigenvalue weighted by Gasteiger charge is -2.05. The second-order valence-electron chi connectivity index (χ2n) is 4.84. The van der Waals surface area contributed by atoms with Gasteiger partial charge in [-0.25, -0.2) is 9.18 Å². The molecule has 2 aromatic carbocycles. The predicted octanol–water partition coefficient (Wildman–Crippen LogP) is 3.37. The number of nitriles is 1. The average molecular weight is 322 g/mol. The largest absolute Gasteiger partial charge is 0.445 e. The van der Waals surface area contributed by atoms with E-state index >= 15 is 0 Å². The first-order valence-corrected chi connectivity index (χ1v) is 7.32. The van der Waals surface area contributed by atoms with Crippen LogP contribution in [0.15, 0.2) is 48.5 Å². The molecule has 0 spiro atoms. The first kappa shape index (κ1) is 17.1. The van der Waals surface area contributed by atoms with E-state index in [2.05, 4.69) is 17.2 Å². The lowest BCUT2D eigenvalue weighted by molar-refractivity contribution is 0.140. The summed E-state index contributed by atoms with van der Waals surface area (Å²) in [6, 6.07) is 15.1. The molecule has 0 aromatic heterocycles. The van der Waals surface area contributed by atoms with Gasteiger partial charge in [-0.1, -0.05) is 42.2 Å². The third-order valence-electron chi connectivity index (χ3n) is 3.06. The summed E-state index contributed by atoms with van der Waals surface area (Å²) in [5.74, 6) is 5.08. The number of hydrogen-bond donors (Lipinski definition) is 1. The normalized spacial score (nSPS) is 9.33. The van der Waals surface area contributed by atoms with Crippen LogP contribution in [-0.4, -0.2) is 12.6 Å². The second-order valence-corrected chi connectivity index (χ2v) is 4.84. The van der Waals surface area contributed by atoms with Crippen molar-refractivity contribution in [3.05, 3.63) is 71.0 Å². The number of carbonyl (C=O) groups excluding carboxylic acids is 1. The fraction of sp³-hybridized carbons (Fsp3) is 0.158. The number of hydrogen-bond acceptors (Lipinski definition) is 3. The smallest absolute Gasteiger partial charge is 0.407 e. The van der Waals surface area contributed by atoms with Crippen LogP contribution in [-0.2, 0) is 11.3 Å². The fourth-order valence-corrected chi connectivity index (χ4v) is 1.88. The summed E-state index contributed by atoms with van der Waals surface area (Å²) in [6.07, 6.45) is -0.161. The summed E-state index contributed by atoms with van der Waals surface area (Å²) in [7, 11) is 0. The molecule has 4 nitrogen and oxygen atoms in total. The van der Waals surface area contributed by atoms with Gasteiger partial charge in [-0.2, -0.15) is 5.26 Å².